The fraction of sp³-hybridized carbons (Fsp3) is 0.0909. The lowest BCUT2D eigenvalue weighted by atomic mass is 10.3. The number of hydrogen-bond donors (Lipinski definition) is 2. The molecule has 0 atom stereocenters. The van der Waals surface area contributed by atoms with Crippen LogP contribution in [0.2, 0.25) is 0 Å². The van der Waals surface area contributed by atoms with E-state index in [4.69, 9.17) is 10.5 Å². The van der Waals surface area contributed by atoms with Crippen molar-refractivity contribution in [3.63, 3.8) is 0 Å². The van der Waals surface area contributed by atoms with Gasteiger partial charge in [-0.2, -0.15) is 4.98 Å². The number of rotatable bonds is 3. The third-order valence-electron chi connectivity index (χ3n) is 2.22. The van der Waals surface area contributed by atoms with Gasteiger partial charge in [0.25, 0.3) is 0 Å². The van der Waals surface area contributed by atoms with Crippen molar-refractivity contribution in [3.05, 3.63) is 34.8 Å². The number of hydrogen-bond acceptors (Lipinski definition) is 5. The van der Waals surface area contributed by atoms with Crippen LogP contribution >= 0.6 is 15.9 Å². The summed E-state index contributed by atoms with van der Waals surface area (Å²) in [7, 11) is 1.45. The topological polar surface area (TPSA) is 73.1 Å². The van der Waals surface area contributed by atoms with E-state index in [1.54, 1.807) is 12.1 Å². The molecule has 3 N–H and O–H groups in total. The van der Waals surface area contributed by atoms with Crippen LogP contribution in [0.3, 0.4) is 0 Å². The Morgan fingerprint density at radius 2 is 2.17 bits per heavy atom. The highest BCUT2D eigenvalue weighted by molar-refractivity contribution is 9.10. The summed E-state index contributed by atoms with van der Waals surface area (Å²) in [6, 6.07) is 4.52. The zero-order valence-electron chi connectivity index (χ0n) is 9.45. The lowest BCUT2D eigenvalue weighted by molar-refractivity contribution is 0.399. The summed E-state index contributed by atoms with van der Waals surface area (Å²) in [5, 5.41) is 2.79. The molecule has 2 aromatic rings. The molecule has 7 heteroatoms. The van der Waals surface area contributed by atoms with Gasteiger partial charge in [-0.05, 0) is 18.2 Å². The molecule has 5 nitrogen and oxygen atoms in total. The minimum atomic E-state index is -0.407. The van der Waals surface area contributed by atoms with Crippen LogP contribution in [-0.2, 0) is 0 Å². The molecule has 0 radical (unpaired) electrons. The largest absolute Gasteiger partial charge is 0.479 e. The second kappa shape index (κ2) is 5.18. The van der Waals surface area contributed by atoms with Crippen LogP contribution in [0.15, 0.2) is 29.0 Å². The fourth-order valence-corrected chi connectivity index (χ4v) is 1.72. The summed E-state index contributed by atoms with van der Waals surface area (Å²) >= 11 is 3.26. The minimum absolute atomic E-state index is 0.222. The number of ether oxygens (including phenoxy) is 1. The number of aromatic nitrogens is 2. The van der Waals surface area contributed by atoms with Gasteiger partial charge in [-0.25, -0.2) is 9.37 Å². The molecule has 0 bridgehead atoms. The van der Waals surface area contributed by atoms with Crippen molar-refractivity contribution in [2.75, 3.05) is 18.2 Å². The van der Waals surface area contributed by atoms with Crippen molar-refractivity contribution >= 4 is 33.1 Å². The monoisotopic (exact) mass is 312 g/mol. The Labute approximate surface area is 111 Å². The number of methoxy groups -OCH3 is 1. The van der Waals surface area contributed by atoms with Gasteiger partial charge in [-0.1, -0.05) is 15.9 Å². The van der Waals surface area contributed by atoms with Crippen LogP contribution < -0.4 is 15.8 Å². The first-order chi connectivity index (χ1) is 8.61. The van der Waals surface area contributed by atoms with Crippen molar-refractivity contribution in [2.45, 2.75) is 0 Å². The highest BCUT2D eigenvalue weighted by Crippen LogP contribution is 2.29. The van der Waals surface area contributed by atoms with Gasteiger partial charge >= 0.3 is 0 Å². The number of anilines is 3. The van der Waals surface area contributed by atoms with E-state index in [2.05, 4.69) is 31.2 Å². The van der Waals surface area contributed by atoms with Crippen LogP contribution in [-0.4, -0.2) is 17.1 Å². The molecule has 0 fully saturated rings. The van der Waals surface area contributed by atoms with Crippen molar-refractivity contribution in [1.82, 2.24) is 9.97 Å². The molecular formula is C11H10BrFN4O. The number of nitrogens with two attached hydrogens (primary N) is 1. The Balaban J connectivity index is 2.37. The SMILES string of the molecule is COc1ncnc(Nc2cc(Br)ccc2F)c1N. The van der Waals surface area contributed by atoms with Crippen molar-refractivity contribution in [3.8, 4) is 5.88 Å². The van der Waals surface area contributed by atoms with Gasteiger partial charge in [0.05, 0.1) is 12.8 Å². The molecule has 18 heavy (non-hydrogen) atoms. The highest BCUT2D eigenvalue weighted by atomic mass is 79.9. The molecule has 0 saturated heterocycles. The van der Waals surface area contributed by atoms with Gasteiger partial charge in [-0.15, -0.1) is 0 Å². The van der Waals surface area contributed by atoms with Gasteiger partial charge in [0, 0.05) is 4.47 Å². The van der Waals surface area contributed by atoms with Gasteiger partial charge in [0.2, 0.25) is 5.88 Å². The first kappa shape index (κ1) is 12.6. The lowest BCUT2D eigenvalue weighted by Crippen LogP contribution is -2.04. The predicted octanol–water partition coefficient (Wildman–Crippen LogP) is 2.71. The normalized spacial score (nSPS) is 10.2. The zero-order chi connectivity index (χ0) is 13.1. The number of nitrogens with zero attached hydrogens (tertiary/aromatic N) is 2. The minimum Gasteiger partial charge on any atom is -0.479 e. The molecule has 0 amide bonds. The molecule has 1 aromatic carbocycles. The zero-order valence-corrected chi connectivity index (χ0v) is 11.0. The van der Waals surface area contributed by atoms with E-state index in [0.29, 0.717) is 5.82 Å². The van der Waals surface area contributed by atoms with Crippen LogP contribution in [0.1, 0.15) is 0 Å². The van der Waals surface area contributed by atoms with Gasteiger partial charge in [0.15, 0.2) is 5.82 Å². The summed E-state index contributed by atoms with van der Waals surface area (Å²) < 4.78 is 19.3. The number of benzene rings is 1. The maximum absolute atomic E-state index is 13.6. The van der Waals surface area contributed by atoms with Crippen molar-refractivity contribution < 1.29 is 9.13 Å². The summed E-state index contributed by atoms with van der Waals surface area (Å²) in [4.78, 5) is 7.78. The Morgan fingerprint density at radius 3 is 2.89 bits per heavy atom. The van der Waals surface area contributed by atoms with Gasteiger partial charge in [0.1, 0.15) is 17.8 Å². The molecule has 1 heterocycles. The van der Waals surface area contributed by atoms with E-state index < -0.39 is 5.82 Å². The van der Waals surface area contributed by atoms with E-state index in [1.807, 2.05) is 0 Å². The first-order valence-corrected chi connectivity index (χ1v) is 5.77. The average molecular weight is 313 g/mol. The average Bonchev–Trinajstić information content (AvgIpc) is 2.36. The molecular weight excluding hydrogens is 303 g/mol. The maximum atomic E-state index is 13.6. The van der Waals surface area contributed by atoms with Crippen LogP contribution in [0.4, 0.5) is 21.6 Å². The van der Waals surface area contributed by atoms with E-state index in [-0.39, 0.29) is 17.3 Å². The molecule has 0 aliphatic heterocycles. The maximum Gasteiger partial charge on any atom is 0.242 e. The number of nitrogen functional groups attached to an aromatic ring is 1. The summed E-state index contributed by atoms with van der Waals surface area (Å²) in [5.41, 5.74) is 6.27. The van der Waals surface area contributed by atoms with E-state index in [1.165, 1.54) is 19.5 Å². The first-order valence-electron chi connectivity index (χ1n) is 4.98. The standard InChI is InChI=1S/C11H10BrFN4O/c1-18-11-9(14)10(15-5-16-11)17-8-4-6(12)2-3-7(8)13/h2-5H,14H2,1H3,(H,15,16,17). The van der Waals surface area contributed by atoms with Crippen LogP contribution in [0.25, 0.3) is 0 Å². The predicted molar refractivity (Wildman–Crippen MR) is 70.4 cm³/mol. The van der Waals surface area contributed by atoms with Gasteiger partial charge in [-0.3, -0.25) is 0 Å². The quantitative estimate of drug-likeness (QED) is 0.911. The fourth-order valence-electron chi connectivity index (χ4n) is 1.36. The molecule has 0 aliphatic rings. The summed E-state index contributed by atoms with van der Waals surface area (Å²) in [5.74, 6) is 0.122. The Morgan fingerprint density at radius 1 is 1.39 bits per heavy atom. The summed E-state index contributed by atoms with van der Waals surface area (Å²) in [6.45, 7) is 0. The van der Waals surface area contributed by atoms with Crippen molar-refractivity contribution in [2.24, 2.45) is 0 Å². The Bertz CT molecular complexity index is 579. The second-order valence-electron chi connectivity index (χ2n) is 3.39. The molecule has 0 unspecified atom stereocenters. The van der Waals surface area contributed by atoms with Crippen molar-refractivity contribution in [1.29, 1.82) is 0 Å². The second-order valence-corrected chi connectivity index (χ2v) is 4.31. The Hall–Kier alpha value is -1.89. The lowest BCUT2D eigenvalue weighted by Gasteiger charge is -2.10. The third kappa shape index (κ3) is 2.51. The van der Waals surface area contributed by atoms with E-state index in [9.17, 15) is 4.39 Å². The summed E-state index contributed by atoms with van der Waals surface area (Å²) in [6.07, 6.45) is 1.29. The molecule has 0 spiro atoms. The van der Waals surface area contributed by atoms with Crippen LogP contribution in [0.5, 0.6) is 5.88 Å². The highest BCUT2D eigenvalue weighted by Gasteiger charge is 2.10. The van der Waals surface area contributed by atoms with E-state index in [0.717, 1.165) is 4.47 Å². The molecule has 0 aliphatic carbocycles. The molecule has 0 saturated carbocycles. The van der Waals surface area contributed by atoms with Gasteiger partial charge < -0.3 is 15.8 Å². The molecule has 94 valence electrons. The number of nitrogens with one attached hydrogen (secondary N) is 1. The number of halogens is 2. The molecule has 1 aromatic heterocycles. The van der Waals surface area contributed by atoms with E-state index >= 15 is 0 Å². The Kier molecular flexibility index (Phi) is 3.61. The third-order valence-corrected chi connectivity index (χ3v) is 2.72. The smallest absolute Gasteiger partial charge is 0.242 e. The van der Waals surface area contributed by atoms with Crippen LogP contribution in [0, 0.1) is 5.82 Å². The molecule has 2 rings (SSSR count).